The molecule has 0 unspecified atom stereocenters. The Kier molecular flexibility index (Phi) is 5.49. The third-order valence-electron chi connectivity index (χ3n) is 5.15. The predicted octanol–water partition coefficient (Wildman–Crippen LogP) is 2.38. The minimum absolute atomic E-state index is 0.0416. The molecule has 10 heteroatoms. The molecule has 172 valence electrons. The number of ether oxygens (including phenoxy) is 1. The zero-order valence-electron chi connectivity index (χ0n) is 18.4. The van der Waals surface area contributed by atoms with Gasteiger partial charge in [0.05, 0.1) is 27.9 Å². The van der Waals surface area contributed by atoms with Gasteiger partial charge in [-0.1, -0.05) is 12.1 Å². The highest BCUT2D eigenvalue weighted by atomic mass is 32.2. The van der Waals surface area contributed by atoms with Crippen molar-refractivity contribution in [3.05, 3.63) is 64.8 Å². The number of benzene rings is 2. The number of aryl methyl sites for hydroxylation is 1. The Hall–Kier alpha value is -3.66. The lowest BCUT2D eigenvalue weighted by Crippen LogP contribution is -2.48. The number of nitrogens with one attached hydrogen (secondary N) is 1. The van der Waals surface area contributed by atoms with Gasteiger partial charge < -0.3 is 20.9 Å². The fourth-order valence-electron chi connectivity index (χ4n) is 3.74. The van der Waals surface area contributed by atoms with Crippen molar-refractivity contribution >= 4 is 32.7 Å². The Morgan fingerprint density at radius 1 is 1.24 bits per heavy atom. The number of aromatic hydroxyl groups is 1. The second-order valence-corrected chi connectivity index (χ2v) is 10.3. The number of amidine groups is 1. The van der Waals surface area contributed by atoms with Crippen LogP contribution < -0.4 is 15.8 Å². The summed E-state index contributed by atoms with van der Waals surface area (Å²) in [5.74, 6) is -0.276. The number of fused-ring (bicyclic) bond motifs is 2. The van der Waals surface area contributed by atoms with Crippen LogP contribution in [0.3, 0.4) is 0 Å². The van der Waals surface area contributed by atoms with E-state index < -0.39 is 15.6 Å². The number of phenolic OH excluding ortho intramolecular Hbond substituents is 1. The molecule has 1 aromatic heterocycles. The van der Waals surface area contributed by atoms with Gasteiger partial charge in [-0.15, -0.1) is 4.40 Å². The molecule has 3 aromatic rings. The molecule has 2 aromatic carbocycles. The SMILES string of the molecule is Cc1cc(C(=O)NC(C)(C)COc2cccc3c2C(N)=NS(=O)(=O)C3)c2cc(O)ccc2n1. The fourth-order valence-corrected chi connectivity index (χ4v) is 4.82. The highest BCUT2D eigenvalue weighted by Crippen LogP contribution is 2.29. The minimum Gasteiger partial charge on any atom is -0.508 e. The lowest BCUT2D eigenvalue weighted by atomic mass is 10.0. The molecular weight excluding hydrogens is 444 g/mol. The van der Waals surface area contributed by atoms with Gasteiger partial charge in [-0.25, -0.2) is 8.42 Å². The van der Waals surface area contributed by atoms with Crippen LogP contribution in [0.15, 0.2) is 46.9 Å². The van der Waals surface area contributed by atoms with Gasteiger partial charge in [0, 0.05) is 11.1 Å². The summed E-state index contributed by atoms with van der Waals surface area (Å²) < 4.78 is 33.3. The van der Waals surface area contributed by atoms with E-state index in [9.17, 15) is 18.3 Å². The number of aromatic nitrogens is 1. The molecule has 1 aliphatic rings. The molecule has 0 saturated heterocycles. The van der Waals surface area contributed by atoms with Crippen LogP contribution in [0.4, 0.5) is 0 Å². The van der Waals surface area contributed by atoms with Crippen molar-refractivity contribution in [3.8, 4) is 11.5 Å². The van der Waals surface area contributed by atoms with Gasteiger partial charge in [0.1, 0.15) is 23.9 Å². The average molecular weight is 469 g/mol. The Labute approximate surface area is 191 Å². The van der Waals surface area contributed by atoms with Gasteiger partial charge >= 0.3 is 0 Å². The first-order chi connectivity index (χ1) is 15.4. The molecule has 4 N–H and O–H groups in total. The van der Waals surface area contributed by atoms with E-state index in [1.165, 1.54) is 12.1 Å². The second kappa shape index (κ2) is 8.04. The maximum Gasteiger partial charge on any atom is 0.259 e. The summed E-state index contributed by atoms with van der Waals surface area (Å²) in [4.78, 5) is 17.5. The van der Waals surface area contributed by atoms with Crippen molar-refractivity contribution in [2.75, 3.05) is 6.61 Å². The number of carbonyl (C=O) groups is 1. The minimum atomic E-state index is -3.65. The number of pyridine rings is 1. The lowest BCUT2D eigenvalue weighted by molar-refractivity contribution is 0.0882. The van der Waals surface area contributed by atoms with Gasteiger partial charge in [-0.3, -0.25) is 9.78 Å². The molecule has 0 spiro atoms. The summed E-state index contributed by atoms with van der Waals surface area (Å²) >= 11 is 0. The summed E-state index contributed by atoms with van der Waals surface area (Å²) in [6.45, 7) is 5.48. The summed E-state index contributed by atoms with van der Waals surface area (Å²) in [5.41, 5.74) is 7.72. The molecule has 1 amide bonds. The highest BCUT2D eigenvalue weighted by molar-refractivity contribution is 7.89. The predicted molar refractivity (Wildman–Crippen MR) is 125 cm³/mol. The summed E-state index contributed by atoms with van der Waals surface area (Å²) in [7, 11) is -3.65. The maximum absolute atomic E-state index is 13.1. The van der Waals surface area contributed by atoms with Crippen LogP contribution in [-0.2, 0) is 15.8 Å². The van der Waals surface area contributed by atoms with E-state index in [1.807, 2.05) is 0 Å². The highest BCUT2D eigenvalue weighted by Gasteiger charge is 2.28. The van der Waals surface area contributed by atoms with Gasteiger partial charge in [0.15, 0.2) is 0 Å². The number of hydrogen-bond acceptors (Lipinski definition) is 7. The van der Waals surface area contributed by atoms with Gasteiger partial charge in [-0.05, 0) is 56.7 Å². The molecule has 0 bridgehead atoms. The Balaban J connectivity index is 1.56. The first-order valence-electron chi connectivity index (χ1n) is 10.2. The summed E-state index contributed by atoms with van der Waals surface area (Å²) in [6, 6.07) is 11.4. The monoisotopic (exact) mass is 468 g/mol. The number of hydrogen-bond donors (Lipinski definition) is 3. The van der Waals surface area contributed by atoms with Crippen molar-refractivity contribution in [1.29, 1.82) is 0 Å². The largest absolute Gasteiger partial charge is 0.508 e. The average Bonchev–Trinajstić information content (AvgIpc) is 2.70. The van der Waals surface area contributed by atoms with Crippen LogP contribution in [0.2, 0.25) is 0 Å². The van der Waals surface area contributed by atoms with E-state index in [0.29, 0.717) is 39.0 Å². The number of nitrogens with two attached hydrogens (primary N) is 1. The van der Waals surface area contributed by atoms with Crippen LogP contribution in [0.1, 0.15) is 41.0 Å². The summed E-state index contributed by atoms with van der Waals surface area (Å²) in [6.07, 6.45) is 0. The molecule has 0 aliphatic carbocycles. The quantitative estimate of drug-likeness (QED) is 0.521. The van der Waals surface area contributed by atoms with Crippen LogP contribution in [0, 0.1) is 6.92 Å². The van der Waals surface area contributed by atoms with E-state index in [2.05, 4.69) is 14.7 Å². The van der Waals surface area contributed by atoms with Gasteiger partial charge in [0.25, 0.3) is 15.9 Å². The Morgan fingerprint density at radius 2 is 2.00 bits per heavy atom. The lowest BCUT2D eigenvalue weighted by Gasteiger charge is -2.28. The van der Waals surface area contributed by atoms with E-state index >= 15 is 0 Å². The zero-order valence-corrected chi connectivity index (χ0v) is 19.2. The van der Waals surface area contributed by atoms with Crippen molar-refractivity contribution in [1.82, 2.24) is 10.3 Å². The number of amides is 1. The number of carbonyl (C=O) groups excluding carboxylic acids is 1. The fraction of sp³-hybridized carbons (Fsp3) is 0.261. The third-order valence-corrected chi connectivity index (χ3v) is 6.30. The number of rotatable bonds is 5. The van der Waals surface area contributed by atoms with Gasteiger partial charge in [0.2, 0.25) is 0 Å². The molecule has 1 aliphatic heterocycles. The normalized spacial score (nSPS) is 14.9. The number of nitrogens with zero attached hydrogens (tertiary/aromatic N) is 2. The third kappa shape index (κ3) is 4.75. The van der Waals surface area contributed by atoms with Crippen LogP contribution >= 0.6 is 0 Å². The topological polar surface area (TPSA) is 144 Å². The molecular formula is C23H24N4O5S. The van der Waals surface area contributed by atoms with Gasteiger partial charge in [-0.2, -0.15) is 0 Å². The van der Waals surface area contributed by atoms with Crippen molar-refractivity contribution < 1.29 is 23.1 Å². The van der Waals surface area contributed by atoms with E-state index in [0.717, 1.165) is 0 Å². The van der Waals surface area contributed by atoms with E-state index in [1.54, 1.807) is 51.1 Å². The second-order valence-electron chi connectivity index (χ2n) is 8.63. The van der Waals surface area contributed by atoms with E-state index in [4.69, 9.17) is 10.5 Å². The standard InChI is InChI=1S/C23H24N4O5S/c1-13-9-17(16-10-15(28)7-8-18(16)25-13)22(29)26-23(2,3)12-32-19-6-4-5-14-11-33(30,31)27-21(24)20(14)19/h4-10,28H,11-12H2,1-3H3,(H2,24,27)(H,26,29). The summed E-state index contributed by atoms with van der Waals surface area (Å²) in [5, 5.41) is 13.4. The first kappa shape index (κ1) is 22.5. The number of phenols is 1. The van der Waals surface area contributed by atoms with Crippen LogP contribution in [-0.4, -0.2) is 42.4 Å². The molecule has 0 atom stereocenters. The van der Waals surface area contributed by atoms with Crippen molar-refractivity contribution in [3.63, 3.8) is 0 Å². The molecule has 0 radical (unpaired) electrons. The van der Waals surface area contributed by atoms with Crippen LogP contribution in [0.5, 0.6) is 11.5 Å². The van der Waals surface area contributed by atoms with Crippen molar-refractivity contribution in [2.24, 2.45) is 10.1 Å². The number of sulfonamides is 1. The molecule has 0 fully saturated rings. The Bertz CT molecular complexity index is 1410. The Morgan fingerprint density at radius 3 is 2.76 bits per heavy atom. The molecule has 0 saturated carbocycles. The van der Waals surface area contributed by atoms with E-state index in [-0.39, 0.29) is 29.9 Å². The van der Waals surface area contributed by atoms with Crippen molar-refractivity contribution in [2.45, 2.75) is 32.1 Å². The molecule has 2 heterocycles. The molecule has 33 heavy (non-hydrogen) atoms. The maximum atomic E-state index is 13.1. The molecule has 4 rings (SSSR count). The molecule has 9 nitrogen and oxygen atoms in total. The smallest absolute Gasteiger partial charge is 0.259 e. The first-order valence-corrected chi connectivity index (χ1v) is 11.8. The zero-order chi connectivity index (χ0) is 24.0. The van der Waals surface area contributed by atoms with Crippen LogP contribution in [0.25, 0.3) is 10.9 Å².